The highest BCUT2D eigenvalue weighted by atomic mass is 16.6. The molecule has 0 aromatic carbocycles. The van der Waals surface area contributed by atoms with Gasteiger partial charge in [-0.3, -0.25) is 4.79 Å². The lowest BCUT2D eigenvalue weighted by molar-refractivity contribution is -0.391. The number of carbonyl (C=O) groups is 1. The lowest BCUT2D eigenvalue weighted by Crippen LogP contribution is -2.44. The molecule has 0 aliphatic carbocycles. The average Bonchev–Trinajstić information content (AvgIpc) is 2.67. The van der Waals surface area contributed by atoms with Crippen LogP contribution in [0.15, 0.2) is 12.1 Å². The first kappa shape index (κ1) is 14.2. The van der Waals surface area contributed by atoms with E-state index >= 15 is 0 Å². The molecule has 0 aliphatic rings. The molecule has 1 rings (SSSR count). The predicted molar refractivity (Wildman–Crippen MR) is 67.2 cm³/mol. The van der Waals surface area contributed by atoms with E-state index in [9.17, 15) is 14.9 Å². The van der Waals surface area contributed by atoms with Gasteiger partial charge in [0.25, 0.3) is 5.91 Å². The smallest absolute Gasteiger partial charge is 0.323 e. The van der Waals surface area contributed by atoms with Crippen molar-refractivity contribution in [2.24, 2.45) is 18.7 Å². The standard InChI is InChI=1S/C11H18N4O3/c1-7(2)8(6-12)13-11(16)9-4-5-10(14(9)3)15(17)18/h4-5,7-8H,6,12H2,1-3H3,(H,13,16). The van der Waals surface area contributed by atoms with Gasteiger partial charge in [-0.05, 0) is 16.9 Å². The zero-order chi connectivity index (χ0) is 13.9. The van der Waals surface area contributed by atoms with Crippen LogP contribution in [0.5, 0.6) is 0 Å². The first-order valence-electron chi connectivity index (χ1n) is 5.69. The number of nitro groups is 1. The molecule has 0 aliphatic heterocycles. The third-order valence-electron chi connectivity index (χ3n) is 2.89. The Morgan fingerprint density at radius 1 is 1.56 bits per heavy atom. The molecule has 1 heterocycles. The van der Waals surface area contributed by atoms with Gasteiger partial charge in [0.1, 0.15) is 0 Å². The summed E-state index contributed by atoms with van der Waals surface area (Å²) in [5.41, 5.74) is 5.81. The molecule has 7 nitrogen and oxygen atoms in total. The third kappa shape index (κ3) is 2.86. The Balaban J connectivity index is 2.88. The summed E-state index contributed by atoms with van der Waals surface area (Å²) in [6.07, 6.45) is 0. The number of amides is 1. The molecule has 0 saturated heterocycles. The highest BCUT2D eigenvalue weighted by Gasteiger charge is 2.23. The predicted octanol–water partition coefficient (Wildman–Crippen LogP) is 0.646. The van der Waals surface area contributed by atoms with Gasteiger partial charge in [-0.1, -0.05) is 13.8 Å². The normalized spacial score (nSPS) is 12.5. The summed E-state index contributed by atoms with van der Waals surface area (Å²) < 4.78 is 1.25. The van der Waals surface area contributed by atoms with Gasteiger partial charge in [0.15, 0.2) is 5.69 Å². The minimum absolute atomic E-state index is 0.117. The van der Waals surface area contributed by atoms with Gasteiger partial charge in [0.05, 0.1) is 7.05 Å². The van der Waals surface area contributed by atoms with E-state index in [0.29, 0.717) is 6.54 Å². The van der Waals surface area contributed by atoms with Crippen LogP contribution in [0.4, 0.5) is 5.82 Å². The lowest BCUT2D eigenvalue weighted by Gasteiger charge is -2.19. The van der Waals surface area contributed by atoms with Crippen molar-refractivity contribution >= 4 is 11.7 Å². The van der Waals surface area contributed by atoms with Crippen molar-refractivity contribution in [1.82, 2.24) is 9.88 Å². The molecular weight excluding hydrogens is 236 g/mol. The molecule has 0 bridgehead atoms. The van der Waals surface area contributed by atoms with Gasteiger partial charge in [-0.25, -0.2) is 4.57 Å². The monoisotopic (exact) mass is 254 g/mol. The first-order valence-corrected chi connectivity index (χ1v) is 5.69. The second-order valence-electron chi connectivity index (χ2n) is 4.45. The van der Waals surface area contributed by atoms with E-state index in [1.807, 2.05) is 13.8 Å². The van der Waals surface area contributed by atoms with Crippen molar-refractivity contribution < 1.29 is 9.72 Å². The van der Waals surface area contributed by atoms with Gasteiger partial charge in [-0.2, -0.15) is 0 Å². The van der Waals surface area contributed by atoms with Crippen LogP contribution in [-0.4, -0.2) is 28.0 Å². The zero-order valence-corrected chi connectivity index (χ0v) is 10.7. The quantitative estimate of drug-likeness (QED) is 0.594. The minimum atomic E-state index is -0.528. The second kappa shape index (κ2) is 5.63. The maximum atomic E-state index is 12.0. The largest absolute Gasteiger partial charge is 0.358 e. The Morgan fingerprint density at radius 2 is 2.17 bits per heavy atom. The fourth-order valence-electron chi connectivity index (χ4n) is 1.65. The molecule has 1 atom stereocenters. The Labute approximate surface area is 105 Å². The number of rotatable bonds is 5. The van der Waals surface area contributed by atoms with Crippen LogP contribution in [0.3, 0.4) is 0 Å². The second-order valence-corrected chi connectivity index (χ2v) is 4.45. The summed E-state index contributed by atoms with van der Waals surface area (Å²) in [5.74, 6) is -0.266. The molecule has 0 radical (unpaired) electrons. The molecule has 3 N–H and O–H groups in total. The number of aromatic nitrogens is 1. The van der Waals surface area contributed by atoms with Crippen molar-refractivity contribution in [2.75, 3.05) is 6.54 Å². The molecule has 1 unspecified atom stereocenters. The molecule has 1 aromatic rings. The van der Waals surface area contributed by atoms with Crippen LogP contribution < -0.4 is 11.1 Å². The molecule has 1 amide bonds. The fourth-order valence-corrected chi connectivity index (χ4v) is 1.65. The van der Waals surface area contributed by atoms with Crippen molar-refractivity contribution in [1.29, 1.82) is 0 Å². The fraction of sp³-hybridized carbons (Fsp3) is 0.545. The van der Waals surface area contributed by atoms with Gasteiger partial charge in [0, 0.05) is 18.7 Å². The van der Waals surface area contributed by atoms with Gasteiger partial charge < -0.3 is 21.2 Å². The first-order chi connectivity index (χ1) is 8.38. The van der Waals surface area contributed by atoms with Crippen LogP contribution >= 0.6 is 0 Å². The van der Waals surface area contributed by atoms with Crippen LogP contribution in [0.25, 0.3) is 0 Å². The van der Waals surface area contributed by atoms with Crippen LogP contribution in [0, 0.1) is 16.0 Å². The third-order valence-corrected chi connectivity index (χ3v) is 2.89. The van der Waals surface area contributed by atoms with Crippen LogP contribution in [0.2, 0.25) is 0 Å². The van der Waals surface area contributed by atoms with Crippen molar-refractivity contribution in [3.8, 4) is 0 Å². The van der Waals surface area contributed by atoms with E-state index in [-0.39, 0.29) is 29.4 Å². The topological polar surface area (TPSA) is 103 Å². The minimum Gasteiger partial charge on any atom is -0.358 e. The summed E-state index contributed by atoms with van der Waals surface area (Å²) in [6.45, 7) is 4.23. The Bertz CT molecular complexity index is 453. The molecule has 1 aromatic heterocycles. The molecule has 18 heavy (non-hydrogen) atoms. The maximum Gasteiger partial charge on any atom is 0.323 e. The van der Waals surface area contributed by atoms with E-state index < -0.39 is 4.92 Å². The Morgan fingerprint density at radius 3 is 2.56 bits per heavy atom. The molecule has 0 fully saturated rings. The summed E-state index contributed by atoms with van der Waals surface area (Å²) in [5, 5.41) is 13.4. The number of carbonyl (C=O) groups excluding carboxylic acids is 1. The molecule has 0 spiro atoms. The number of nitrogens with two attached hydrogens (primary N) is 1. The SMILES string of the molecule is CC(C)C(CN)NC(=O)c1ccc([N+](=O)[O-])n1C. The molecule has 0 saturated carbocycles. The van der Waals surface area contributed by atoms with Gasteiger partial charge in [0.2, 0.25) is 0 Å². The van der Waals surface area contributed by atoms with E-state index in [2.05, 4.69) is 5.32 Å². The highest BCUT2D eigenvalue weighted by molar-refractivity contribution is 5.93. The van der Waals surface area contributed by atoms with Crippen LogP contribution in [0.1, 0.15) is 24.3 Å². The average molecular weight is 254 g/mol. The summed E-state index contributed by atoms with van der Waals surface area (Å²) in [4.78, 5) is 22.1. The summed E-state index contributed by atoms with van der Waals surface area (Å²) in [7, 11) is 1.49. The zero-order valence-electron chi connectivity index (χ0n) is 10.7. The maximum absolute atomic E-state index is 12.0. The Kier molecular flexibility index (Phi) is 4.43. The van der Waals surface area contributed by atoms with E-state index in [4.69, 9.17) is 5.73 Å². The van der Waals surface area contributed by atoms with Crippen LogP contribution in [-0.2, 0) is 7.05 Å². The number of hydrogen-bond donors (Lipinski definition) is 2. The number of nitrogens with one attached hydrogen (secondary N) is 1. The lowest BCUT2D eigenvalue weighted by atomic mass is 10.0. The van der Waals surface area contributed by atoms with Crippen molar-refractivity contribution in [2.45, 2.75) is 19.9 Å². The summed E-state index contributed by atoms with van der Waals surface area (Å²) in [6, 6.07) is 2.59. The molecular formula is C11H18N4O3. The van der Waals surface area contributed by atoms with E-state index in [1.54, 1.807) is 0 Å². The van der Waals surface area contributed by atoms with Crippen molar-refractivity contribution in [3.63, 3.8) is 0 Å². The summed E-state index contributed by atoms with van der Waals surface area (Å²) >= 11 is 0. The number of nitrogens with zero attached hydrogens (tertiary/aromatic N) is 2. The van der Waals surface area contributed by atoms with E-state index in [1.165, 1.54) is 23.7 Å². The van der Waals surface area contributed by atoms with Gasteiger partial charge >= 0.3 is 5.82 Å². The van der Waals surface area contributed by atoms with E-state index in [0.717, 1.165) is 0 Å². The molecule has 7 heteroatoms. The Hall–Kier alpha value is -1.89. The molecule has 100 valence electrons. The number of hydrogen-bond acceptors (Lipinski definition) is 4. The van der Waals surface area contributed by atoms with Gasteiger partial charge in [-0.15, -0.1) is 0 Å². The highest BCUT2D eigenvalue weighted by Crippen LogP contribution is 2.15. The van der Waals surface area contributed by atoms with Crippen molar-refractivity contribution in [3.05, 3.63) is 27.9 Å².